The first-order valence-corrected chi connectivity index (χ1v) is 10.9. The van der Waals surface area contributed by atoms with Gasteiger partial charge >= 0.3 is 0 Å². The largest absolute Gasteiger partial charge is 0.370 e. The van der Waals surface area contributed by atoms with E-state index < -0.39 is 5.82 Å². The molecule has 30 heavy (non-hydrogen) atoms. The molecule has 4 aromatic rings. The number of nitrogens with one attached hydrogen (secondary N) is 1. The number of para-hydroxylation sites is 1. The lowest BCUT2D eigenvalue weighted by Crippen LogP contribution is -2.22. The van der Waals surface area contributed by atoms with E-state index in [0.29, 0.717) is 0 Å². The van der Waals surface area contributed by atoms with Gasteiger partial charge in [0.1, 0.15) is 11.5 Å². The van der Waals surface area contributed by atoms with Crippen LogP contribution in [0, 0.1) is 5.82 Å². The van der Waals surface area contributed by atoms with Gasteiger partial charge in [0.15, 0.2) is 4.96 Å². The van der Waals surface area contributed by atoms with Gasteiger partial charge in [-0.05, 0) is 25.0 Å². The first-order valence-electron chi connectivity index (χ1n) is 10.0. The lowest BCUT2D eigenvalue weighted by Gasteiger charge is -2.22. The molecule has 0 radical (unpaired) electrons. The molecule has 0 unspecified atom stereocenters. The highest BCUT2D eigenvalue weighted by molar-refractivity contribution is 7.15. The number of fused-ring (bicyclic) bond motifs is 1. The molecule has 2 aromatic carbocycles. The third kappa shape index (κ3) is 3.57. The summed E-state index contributed by atoms with van der Waals surface area (Å²) in [6.45, 7) is 1.77. The number of halogens is 1. The highest BCUT2D eigenvalue weighted by Crippen LogP contribution is 2.31. The molecule has 0 bridgehead atoms. The van der Waals surface area contributed by atoms with E-state index in [1.807, 2.05) is 52.4 Å². The Hall–Kier alpha value is -3.19. The number of carbonyl (C=O) groups is 1. The standard InChI is InChI=1S/C23H21FN4OS/c24-18-9-6-10-20(27-11-4-5-12-27)22(18)26-21(29)13-17-15-30-23-25-19(14-28(17)23)16-7-2-1-3-8-16/h1-3,6-10,14-15H,4-5,11-13H2,(H,26,29). The smallest absolute Gasteiger partial charge is 0.230 e. The Bertz CT molecular complexity index is 1190. The number of aromatic nitrogens is 2. The summed E-state index contributed by atoms with van der Waals surface area (Å²) < 4.78 is 16.5. The molecular formula is C23H21FN4OS. The summed E-state index contributed by atoms with van der Waals surface area (Å²) >= 11 is 1.49. The summed E-state index contributed by atoms with van der Waals surface area (Å²) in [5, 5.41) is 4.74. The maximum Gasteiger partial charge on any atom is 0.230 e. The minimum Gasteiger partial charge on any atom is -0.370 e. The highest BCUT2D eigenvalue weighted by Gasteiger charge is 2.20. The molecule has 1 N–H and O–H groups in total. The van der Waals surface area contributed by atoms with Crippen LogP contribution in [0.3, 0.4) is 0 Å². The monoisotopic (exact) mass is 420 g/mol. The number of carbonyl (C=O) groups excluding carboxylic acids is 1. The summed E-state index contributed by atoms with van der Waals surface area (Å²) in [5.41, 5.74) is 3.76. The lowest BCUT2D eigenvalue weighted by molar-refractivity contribution is -0.115. The van der Waals surface area contributed by atoms with Crippen molar-refractivity contribution >= 4 is 33.6 Å². The molecule has 1 amide bonds. The zero-order valence-electron chi connectivity index (χ0n) is 16.3. The summed E-state index contributed by atoms with van der Waals surface area (Å²) in [7, 11) is 0. The molecule has 0 saturated carbocycles. The van der Waals surface area contributed by atoms with Gasteiger partial charge in [-0.25, -0.2) is 9.37 Å². The number of thiazole rings is 1. The normalized spacial score (nSPS) is 13.8. The third-order valence-corrected chi connectivity index (χ3v) is 6.29. The van der Waals surface area contributed by atoms with Crippen molar-refractivity contribution in [2.75, 3.05) is 23.3 Å². The van der Waals surface area contributed by atoms with Crippen LogP contribution in [0.2, 0.25) is 0 Å². The van der Waals surface area contributed by atoms with E-state index in [1.165, 1.54) is 17.4 Å². The molecule has 5 rings (SSSR count). The van der Waals surface area contributed by atoms with Crippen LogP contribution in [0.1, 0.15) is 18.5 Å². The molecule has 0 atom stereocenters. The zero-order valence-corrected chi connectivity index (χ0v) is 17.2. The second kappa shape index (κ2) is 7.91. The minimum atomic E-state index is -0.405. The fourth-order valence-electron chi connectivity index (χ4n) is 3.91. The van der Waals surface area contributed by atoms with Crippen molar-refractivity contribution in [3.63, 3.8) is 0 Å². The van der Waals surface area contributed by atoms with Crippen LogP contribution >= 0.6 is 11.3 Å². The molecule has 1 aliphatic rings. The van der Waals surface area contributed by atoms with E-state index >= 15 is 0 Å². The molecule has 5 nitrogen and oxygen atoms in total. The van der Waals surface area contributed by atoms with E-state index in [1.54, 1.807) is 6.07 Å². The number of hydrogen-bond donors (Lipinski definition) is 1. The van der Waals surface area contributed by atoms with Gasteiger partial charge < -0.3 is 10.2 Å². The fraction of sp³-hybridized carbons (Fsp3) is 0.217. The van der Waals surface area contributed by atoms with Gasteiger partial charge in [0, 0.05) is 35.9 Å². The van der Waals surface area contributed by atoms with E-state index in [9.17, 15) is 9.18 Å². The highest BCUT2D eigenvalue weighted by atomic mass is 32.1. The summed E-state index contributed by atoms with van der Waals surface area (Å²) in [6.07, 6.45) is 4.27. The number of hydrogen-bond acceptors (Lipinski definition) is 4. The van der Waals surface area contributed by atoms with Crippen molar-refractivity contribution < 1.29 is 9.18 Å². The Balaban J connectivity index is 1.38. The van der Waals surface area contributed by atoms with Gasteiger partial charge in [0.2, 0.25) is 5.91 Å². The Morgan fingerprint density at radius 1 is 1.10 bits per heavy atom. The van der Waals surface area contributed by atoms with Crippen molar-refractivity contribution in [3.8, 4) is 11.3 Å². The summed E-state index contributed by atoms with van der Waals surface area (Å²) in [5.74, 6) is -0.646. The quantitative estimate of drug-likeness (QED) is 0.495. The Morgan fingerprint density at radius 3 is 2.70 bits per heavy atom. The van der Waals surface area contributed by atoms with Crippen LogP contribution in [0.4, 0.5) is 15.8 Å². The zero-order chi connectivity index (χ0) is 20.5. The predicted octanol–water partition coefficient (Wildman–Crippen LogP) is 4.98. The number of anilines is 2. The number of amides is 1. The van der Waals surface area contributed by atoms with Crippen LogP contribution in [0.5, 0.6) is 0 Å². The minimum absolute atomic E-state index is 0.151. The van der Waals surface area contributed by atoms with Crippen molar-refractivity contribution in [2.45, 2.75) is 19.3 Å². The molecule has 3 heterocycles. The van der Waals surface area contributed by atoms with Crippen molar-refractivity contribution in [1.29, 1.82) is 0 Å². The van der Waals surface area contributed by atoms with E-state index in [2.05, 4.69) is 15.2 Å². The van der Waals surface area contributed by atoms with E-state index in [4.69, 9.17) is 0 Å². The second-order valence-electron chi connectivity index (χ2n) is 7.42. The van der Waals surface area contributed by atoms with Gasteiger partial charge in [-0.15, -0.1) is 11.3 Å². The molecule has 152 valence electrons. The molecule has 0 spiro atoms. The van der Waals surface area contributed by atoms with Gasteiger partial charge in [0.25, 0.3) is 0 Å². The van der Waals surface area contributed by atoms with Gasteiger partial charge in [-0.2, -0.15) is 0 Å². The van der Waals surface area contributed by atoms with E-state index in [0.717, 1.165) is 53.5 Å². The fourth-order valence-corrected chi connectivity index (χ4v) is 4.78. The Morgan fingerprint density at radius 2 is 1.90 bits per heavy atom. The summed E-state index contributed by atoms with van der Waals surface area (Å²) in [4.78, 5) is 20.4. The van der Waals surface area contributed by atoms with Crippen LogP contribution < -0.4 is 10.2 Å². The molecule has 1 saturated heterocycles. The topological polar surface area (TPSA) is 49.6 Å². The molecule has 0 aliphatic carbocycles. The SMILES string of the molecule is O=C(Cc1csc2nc(-c3ccccc3)cn12)Nc1c(F)cccc1N1CCCC1. The van der Waals surface area contributed by atoms with E-state index in [-0.39, 0.29) is 18.0 Å². The maximum atomic E-state index is 14.5. The van der Waals surface area contributed by atoms with Crippen LogP contribution in [0.15, 0.2) is 60.1 Å². The van der Waals surface area contributed by atoms with Crippen LogP contribution in [-0.2, 0) is 11.2 Å². The number of nitrogens with zero attached hydrogens (tertiary/aromatic N) is 3. The first kappa shape index (κ1) is 18.8. The van der Waals surface area contributed by atoms with Crippen molar-refractivity contribution in [2.24, 2.45) is 0 Å². The molecule has 1 fully saturated rings. The Labute approximate surface area is 177 Å². The first-order chi connectivity index (χ1) is 14.7. The number of imidazole rings is 1. The predicted molar refractivity (Wildman–Crippen MR) is 119 cm³/mol. The molecular weight excluding hydrogens is 399 g/mol. The third-order valence-electron chi connectivity index (χ3n) is 5.40. The lowest BCUT2D eigenvalue weighted by atomic mass is 10.2. The molecule has 7 heteroatoms. The molecule has 1 aliphatic heterocycles. The van der Waals surface area contributed by atoms with Gasteiger partial charge in [-0.3, -0.25) is 9.20 Å². The number of benzene rings is 2. The second-order valence-corrected chi connectivity index (χ2v) is 8.26. The average molecular weight is 421 g/mol. The maximum absolute atomic E-state index is 14.5. The summed E-state index contributed by atoms with van der Waals surface area (Å²) in [6, 6.07) is 14.9. The van der Waals surface area contributed by atoms with Crippen molar-refractivity contribution in [1.82, 2.24) is 9.38 Å². The van der Waals surface area contributed by atoms with Crippen LogP contribution in [0.25, 0.3) is 16.2 Å². The Kier molecular flexibility index (Phi) is 4.96. The van der Waals surface area contributed by atoms with Crippen LogP contribution in [-0.4, -0.2) is 28.4 Å². The number of rotatable bonds is 5. The molecule has 2 aromatic heterocycles. The van der Waals surface area contributed by atoms with Gasteiger partial charge in [0.05, 0.1) is 17.8 Å². The van der Waals surface area contributed by atoms with Crippen molar-refractivity contribution in [3.05, 3.63) is 71.6 Å². The average Bonchev–Trinajstić information content (AvgIpc) is 3.49. The van der Waals surface area contributed by atoms with Gasteiger partial charge in [-0.1, -0.05) is 36.4 Å².